The predicted molar refractivity (Wildman–Crippen MR) is 70.0 cm³/mol. The van der Waals surface area contributed by atoms with E-state index in [1.54, 1.807) is 0 Å². The smallest absolute Gasteiger partial charge is 0.104 e. The standard InChI is InChI=1S/C8H15NO.C5H9N/c1-3-9(4-2)7-5-6-8-10;1-4-5-6(2)3/h10H,3-4,7-8H2,1-2H3;1H,5H2,2-3H3. The van der Waals surface area contributed by atoms with Gasteiger partial charge in [0.2, 0.25) is 0 Å². The third-order valence-corrected chi connectivity index (χ3v) is 1.81. The van der Waals surface area contributed by atoms with Crippen LogP contribution in [0.1, 0.15) is 13.8 Å². The van der Waals surface area contributed by atoms with Gasteiger partial charge in [-0.1, -0.05) is 31.6 Å². The van der Waals surface area contributed by atoms with Crippen LogP contribution in [0.3, 0.4) is 0 Å². The number of rotatable bonds is 4. The molecule has 0 aliphatic rings. The quantitative estimate of drug-likeness (QED) is 0.705. The molecule has 0 atom stereocenters. The third-order valence-electron chi connectivity index (χ3n) is 1.81. The van der Waals surface area contributed by atoms with Crippen molar-refractivity contribution in [3.05, 3.63) is 0 Å². The molecule has 0 aliphatic heterocycles. The number of nitrogens with zero attached hydrogens (tertiary/aromatic N) is 2. The first kappa shape index (κ1) is 17.4. The zero-order chi connectivity index (χ0) is 12.8. The fourth-order valence-electron chi connectivity index (χ4n) is 0.853. The molecule has 0 radical (unpaired) electrons. The molecule has 0 amide bonds. The number of aliphatic hydroxyl groups is 1. The van der Waals surface area contributed by atoms with Crippen LogP contribution in [0.2, 0.25) is 0 Å². The van der Waals surface area contributed by atoms with Crippen molar-refractivity contribution >= 4 is 0 Å². The first-order chi connectivity index (χ1) is 7.62. The number of hydrogen-bond donors (Lipinski definition) is 1. The highest BCUT2D eigenvalue weighted by molar-refractivity contribution is 5.00. The maximum atomic E-state index is 8.33. The summed E-state index contributed by atoms with van der Waals surface area (Å²) < 4.78 is 0. The maximum Gasteiger partial charge on any atom is 0.104 e. The van der Waals surface area contributed by atoms with Gasteiger partial charge in [0.05, 0.1) is 13.1 Å². The van der Waals surface area contributed by atoms with Crippen LogP contribution < -0.4 is 0 Å². The van der Waals surface area contributed by atoms with E-state index >= 15 is 0 Å². The molecule has 0 bridgehead atoms. The molecule has 0 aromatic rings. The van der Waals surface area contributed by atoms with Crippen molar-refractivity contribution in [3.63, 3.8) is 0 Å². The molecule has 0 fully saturated rings. The topological polar surface area (TPSA) is 26.7 Å². The Labute approximate surface area is 100 Å². The van der Waals surface area contributed by atoms with Gasteiger partial charge in [0.25, 0.3) is 0 Å². The van der Waals surface area contributed by atoms with Crippen molar-refractivity contribution in [2.24, 2.45) is 0 Å². The van der Waals surface area contributed by atoms with E-state index in [4.69, 9.17) is 11.5 Å². The molecule has 0 saturated heterocycles. The molecule has 0 spiro atoms. The lowest BCUT2D eigenvalue weighted by molar-refractivity contribution is 0.338. The van der Waals surface area contributed by atoms with Crippen LogP contribution in [-0.4, -0.2) is 61.8 Å². The fourth-order valence-corrected chi connectivity index (χ4v) is 0.853. The molecule has 0 saturated carbocycles. The Bertz CT molecular complexity index is 229. The molecule has 0 unspecified atom stereocenters. The summed E-state index contributed by atoms with van der Waals surface area (Å²) in [7, 11) is 3.89. The summed E-state index contributed by atoms with van der Waals surface area (Å²) in [4.78, 5) is 4.14. The summed E-state index contributed by atoms with van der Waals surface area (Å²) >= 11 is 0. The lowest BCUT2D eigenvalue weighted by atomic mass is 10.4. The second kappa shape index (κ2) is 14.0. The Morgan fingerprint density at radius 1 is 1.06 bits per heavy atom. The fraction of sp³-hybridized carbons (Fsp3) is 0.692. The minimum atomic E-state index is -0.0265. The molecule has 0 aromatic heterocycles. The summed E-state index contributed by atoms with van der Waals surface area (Å²) in [6.45, 7) is 7.73. The van der Waals surface area contributed by atoms with Crippen molar-refractivity contribution in [3.8, 4) is 24.2 Å². The van der Waals surface area contributed by atoms with Crippen LogP contribution in [0.25, 0.3) is 0 Å². The van der Waals surface area contributed by atoms with E-state index in [9.17, 15) is 0 Å². The second-order valence-electron chi connectivity index (χ2n) is 3.41. The van der Waals surface area contributed by atoms with Gasteiger partial charge in [-0.2, -0.15) is 0 Å². The summed E-state index contributed by atoms with van der Waals surface area (Å²) in [6.07, 6.45) is 4.94. The van der Waals surface area contributed by atoms with Gasteiger partial charge < -0.3 is 5.11 Å². The molecule has 0 aliphatic carbocycles. The van der Waals surface area contributed by atoms with E-state index in [1.807, 2.05) is 19.0 Å². The van der Waals surface area contributed by atoms with E-state index in [0.29, 0.717) is 0 Å². The van der Waals surface area contributed by atoms with E-state index in [-0.39, 0.29) is 6.61 Å². The number of hydrogen-bond acceptors (Lipinski definition) is 3. The van der Waals surface area contributed by atoms with Gasteiger partial charge >= 0.3 is 0 Å². The molecule has 3 nitrogen and oxygen atoms in total. The molecular weight excluding hydrogens is 200 g/mol. The molecule has 1 N–H and O–H groups in total. The third kappa shape index (κ3) is 15.5. The zero-order valence-electron chi connectivity index (χ0n) is 11.0. The van der Waals surface area contributed by atoms with Crippen LogP contribution >= 0.6 is 0 Å². The lowest BCUT2D eigenvalue weighted by Crippen LogP contribution is -2.22. The van der Waals surface area contributed by atoms with E-state index < -0.39 is 0 Å². The summed E-state index contributed by atoms with van der Waals surface area (Å²) in [6, 6.07) is 0. The van der Waals surface area contributed by atoms with Gasteiger partial charge in [-0.05, 0) is 27.2 Å². The first-order valence-corrected chi connectivity index (χ1v) is 5.49. The van der Waals surface area contributed by atoms with E-state index in [0.717, 1.165) is 26.2 Å². The van der Waals surface area contributed by atoms with Crippen LogP contribution in [0, 0.1) is 24.2 Å². The van der Waals surface area contributed by atoms with Crippen LogP contribution in [0.15, 0.2) is 0 Å². The second-order valence-corrected chi connectivity index (χ2v) is 3.41. The van der Waals surface area contributed by atoms with Gasteiger partial charge in [-0.15, -0.1) is 6.42 Å². The number of terminal acetylenes is 1. The van der Waals surface area contributed by atoms with E-state index in [2.05, 4.69) is 36.5 Å². The summed E-state index contributed by atoms with van der Waals surface area (Å²) in [5, 5.41) is 8.33. The Hall–Kier alpha value is -1.00. The molecular formula is C13H24N2O. The summed E-state index contributed by atoms with van der Waals surface area (Å²) in [5.41, 5.74) is 0. The van der Waals surface area contributed by atoms with Crippen molar-refractivity contribution in [2.75, 3.05) is 46.9 Å². The molecule has 0 heterocycles. The Morgan fingerprint density at radius 3 is 1.88 bits per heavy atom. The SMILES string of the molecule is C#CCN(C)C.CCN(CC)CC#CCO. The highest BCUT2D eigenvalue weighted by Crippen LogP contribution is 1.82. The zero-order valence-corrected chi connectivity index (χ0v) is 11.0. The molecule has 3 heteroatoms. The van der Waals surface area contributed by atoms with Gasteiger partial charge in [0.15, 0.2) is 0 Å². The normalized spacial score (nSPS) is 8.88. The van der Waals surface area contributed by atoms with Gasteiger partial charge in [0, 0.05) is 0 Å². The average Bonchev–Trinajstić information content (AvgIpc) is 2.25. The Balaban J connectivity index is 0. The molecule has 16 heavy (non-hydrogen) atoms. The largest absolute Gasteiger partial charge is 0.384 e. The molecule has 0 rings (SSSR count). The van der Waals surface area contributed by atoms with Gasteiger partial charge in [-0.3, -0.25) is 9.80 Å². The average molecular weight is 224 g/mol. The highest BCUT2D eigenvalue weighted by Gasteiger charge is 1.92. The van der Waals surface area contributed by atoms with E-state index in [1.165, 1.54) is 0 Å². The number of aliphatic hydroxyl groups excluding tert-OH is 1. The van der Waals surface area contributed by atoms with Crippen LogP contribution in [0.5, 0.6) is 0 Å². The van der Waals surface area contributed by atoms with Crippen molar-refractivity contribution in [2.45, 2.75) is 13.8 Å². The van der Waals surface area contributed by atoms with Crippen molar-refractivity contribution in [1.82, 2.24) is 9.80 Å². The van der Waals surface area contributed by atoms with Crippen LogP contribution in [-0.2, 0) is 0 Å². The van der Waals surface area contributed by atoms with Gasteiger partial charge in [0.1, 0.15) is 6.61 Å². The maximum absolute atomic E-state index is 8.33. The van der Waals surface area contributed by atoms with Crippen molar-refractivity contribution in [1.29, 1.82) is 0 Å². The van der Waals surface area contributed by atoms with Crippen LogP contribution in [0.4, 0.5) is 0 Å². The predicted octanol–water partition coefficient (Wildman–Crippen LogP) is 0.505. The Morgan fingerprint density at radius 2 is 1.62 bits per heavy atom. The van der Waals surface area contributed by atoms with Crippen molar-refractivity contribution < 1.29 is 5.11 Å². The molecule has 0 aromatic carbocycles. The Kier molecular flexibility index (Phi) is 15.2. The highest BCUT2D eigenvalue weighted by atomic mass is 16.2. The molecule has 92 valence electrons. The first-order valence-electron chi connectivity index (χ1n) is 5.49. The minimum absolute atomic E-state index is 0.0265. The minimum Gasteiger partial charge on any atom is -0.384 e. The summed E-state index contributed by atoms with van der Waals surface area (Å²) in [5.74, 6) is 7.97. The lowest BCUT2D eigenvalue weighted by Gasteiger charge is -2.12. The monoisotopic (exact) mass is 224 g/mol. The van der Waals surface area contributed by atoms with Gasteiger partial charge in [-0.25, -0.2) is 0 Å².